The van der Waals surface area contributed by atoms with Gasteiger partial charge < -0.3 is 11.5 Å². The molecule has 2 aromatic carbocycles. The Morgan fingerprint density at radius 3 is 1.59 bits per heavy atom. The first-order valence-corrected chi connectivity index (χ1v) is 6.53. The molecule has 0 fully saturated rings. The van der Waals surface area contributed by atoms with Gasteiger partial charge in [-0.25, -0.2) is 8.42 Å². The average molecular weight is 246 g/mol. The molecular formula is C12H10N2O2S. The molecule has 4 N–H and O–H groups in total. The fraction of sp³-hybridized carbons (Fsp3) is 0. The van der Waals surface area contributed by atoms with Crippen LogP contribution >= 0.6 is 0 Å². The Bertz CT molecular complexity index is 679. The summed E-state index contributed by atoms with van der Waals surface area (Å²) in [6.07, 6.45) is 0. The van der Waals surface area contributed by atoms with Crippen molar-refractivity contribution in [2.75, 3.05) is 11.5 Å². The molecule has 0 saturated carbocycles. The molecule has 0 spiro atoms. The minimum atomic E-state index is -3.47. The van der Waals surface area contributed by atoms with Gasteiger partial charge in [0.25, 0.3) is 0 Å². The van der Waals surface area contributed by atoms with E-state index in [9.17, 15) is 8.42 Å². The molecule has 3 rings (SSSR count). The van der Waals surface area contributed by atoms with E-state index in [-0.39, 0.29) is 9.79 Å². The summed E-state index contributed by atoms with van der Waals surface area (Å²) in [5, 5.41) is 0. The van der Waals surface area contributed by atoms with Crippen LogP contribution in [0, 0.1) is 0 Å². The molecule has 1 aliphatic rings. The quantitative estimate of drug-likeness (QED) is 0.591. The van der Waals surface area contributed by atoms with Gasteiger partial charge in [0.2, 0.25) is 9.84 Å². The van der Waals surface area contributed by atoms with E-state index in [0.717, 1.165) is 0 Å². The van der Waals surface area contributed by atoms with Crippen molar-refractivity contribution in [1.82, 2.24) is 0 Å². The maximum atomic E-state index is 12.3. The number of nitrogen functional groups attached to an aromatic ring is 2. The molecule has 0 aliphatic carbocycles. The standard InChI is InChI=1S/C12H10N2O2S/c13-7-1-3-9-10-4-2-8(14)6-12(10)17(15,16)11(9)5-7/h1-6H,13-14H2. The van der Waals surface area contributed by atoms with Gasteiger partial charge in [-0.05, 0) is 24.3 Å². The van der Waals surface area contributed by atoms with Gasteiger partial charge in [-0.15, -0.1) is 0 Å². The monoisotopic (exact) mass is 246 g/mol. The third-order valence-corrected chi connectivity index (χ3v) is 4.71. The molecule has 2 aromatic rings. The van der Waals surface area contributed by atoms with Crippen LogP contribution in [0.2, 0.25) is 0 Å². The van der Waals surface area contributed by atoms with Crippen LogP contribution in [0.4, 0.5) is 11.4 Å². The van der Waals surface area contributed by atoms with E-state index in [4.69, 9.17) is 11.5 Å². The van der Waals surface area contributed by atoms with Crippen LogP contribution in [0.1, 0.15) is 0 Å². The molecule has 17 heavy (non-hydrogen) atoms. The van der Waals surface area contributed by atoms with E-state index in [1.807, 2.05) is 0 Å². The van der Waals surface area contributed by atoms with Gasteiger partial charge in [0.15, 0.2) is 0 Å². The van der Waals surface area contributed by atoms with Gasteiger partial charge in [-0.2, -0.15) is 0 Å². The molecule has 0 radical (unpaired) electrons. The number of nitrogens with two attached hydrogens (primary N) is 2. The number of benzene rings is 2. The maximum absolute atomic E-state index is 12.3. The molecule has 4 nitrogen and oxygen atoms in total. The SMILES string of the molecule is Nc1ccc2c(c1)S(=O)(=O)c1cc(N)ccc1-2. The Hall–Kier alpha value is -2.01. The van der Waals surface area contributed by atoms with Gasteiger partial charge in [0.05, 0.1) is 9.79 Å². The first-order chi connectivity index (χ1) is 8.00. The third-order valence-electron chi connectivity index (χ3n) is 2.88. The smallest absolute Gasteiger partial charge is 0.207 e. The largest absolute Gasteiger partial charge is 0.399 e. The second kappa shape index (κ2) is 3.01. The predicted molar refractivity (Wildman–Crippen MR) is 66.2 cm³/mol. The summed E-state index contributed by atoms with van der Waals surface area (Å²) >= 11 is 0. The molecule has 0 saturated heterocycles. The topological polar surface area (TPSA) is 86.2 Å². The molecule has 86 valence electrons. The molecule has 0 aromatic heterocycles. The summed E-state index contributed by atoms with van der Waals surface area (Å²) in [5.74, 6) is 0. The van der Waals surface area contributed by atoms with Gasteiger partial charge in [-0.1, -0.05) is 12.1 Å². The van der Waals surface area contributed by atoms with Gasteiger partial charge in [-0.3, -0.25) is 0 Å². The molecule has 1 aliphatic heterocycles. The highest BCUT2D eigenvalue weighted by molar-refractivity contribution is 7.92. The minimum Gasteiger partial charge on any atom is -0.399 e. The Morgan fingerprint density at radius 1 is 0.765 bits per heavy atom. The van der Waals surface area contributed by atoms with E-state index in [1.54, 1.807) is 24.3 Å². The van der Waals surface area contributed by atoms with Crippen molar-refractivity contribution < 1.29 is 8.42 Å². The lowest BCUT2D eigenvalue weighted by molar-refractivity contribution is 0.599. The van der Waals surface area contributed by atoms with Crippen LogP contribution in [0.15, 0.2) is 46.2 Å². The number of anilines is 2. The van der Waals surface area contributed by atoms with Crippen LogP contribution in [0.5, 0.6) is 0 Å². The summed E-state index contributed by atoms with van der Waals surface area (Å²) in [6, 6.07) is 9.82. The van der Waals surface area contributed by atoms with Crippen molar-refractivity contribution in [2.45, 2.75) is 9.79 Å². The Labute approximate surface area is 98.8 Å². The third kappa shape index (κ3) is 1.26. The van der Waals surface area contributed by atoms with Crippen molar-refractivity contribution in [3.05, 3.63) is 36.4 Å². The highest BCUT2D eigenvalue weighted by atomic mass is 32.2. The molecule has 0 bridgehead atoms. The highest BCUT2D eigenvalue weighted by Gasteiger charge is 2.32. The zero-order valence-corrected chi connectivity index (χ0v) is 9.66. The Morgan fingerprint density at radius 2 is 1.18 bits per heavy atom. The maximum Gasteiger partial charge on any atom is 0.207 e. The summed E-state index contributed by atoms with van der Waals surface area (Å²) in [6.45, 7) is 0. The van der Waals surface area contributed by atoms with Crippen molar-refractivity contribution in [3.63, 3.8) is 0 Å². The number of hydrogen-bond acceptors (Lipinski definition) is 4. The Balaban J connectivity index is 2.46. The zero-order valence-electron chi connectivity index (χ0n) is 8.84. The first kappa shape index (κ1) is 10.2. The predicted octanol–water partition coefficient (Wildman–Crippen LogP) is 1.66. The fourth-order valence-corrected chi connectivity index (χ4v) is 3.84. The number of sulfone groups is 1. The molecule has 0 amide bonds. The van der Waals surface area contributed by atoms with E-state index < -0.39 is 9.84 Å². The molecular weight excluding hydrogens is 236 g/mol. The summed E-state index contributed by atoms with van der Waals surface area (Å²) in [4.78, 5) is 0.524. The van der Waals surface area contributed by atoms with Crippen LogP contribution < -0.4 is 11.5 Å². The molecule has 0 atom stereocenters. The number of hydrogen-bond donors (Lipinski definition) is 2. The van der Waals surface area contributed by atoms with Gasteiger partial charge >= 0.3 is 0 Å². The van der Waals surface area contributed by atoms with Crippen LogP contribution in [-0.4, -0.2) is 8.42 Å². The lowest BCUT2D eigenvalue weighted by atomic mass is 10.1. The zero-order chi connectivity index (χ0) is 12.2. The van der Waals surface area contributed by atoms with E-state index in [0.29, 0.717) is 22.5 Å². The number of rotatable bonds is 0. The van der Waals surface area contributed by atoms with Crippen molar-refractivity contribution in [3.8, 4) is 11.1 Å². The van der Waals surface area contributed by atoms with Gasteiger partial charge in [0.1, 0.15) is 0 Å². The van der Waals surface area contributed by atoms with E-state index in [2.05, 4.69) is 0 Å². The van der Waals surface area contributed by atoms with Crippen LogP contribution in [0.3, 0.4) is 0 Å². The molecule has 5 heteroatoms. The summed E-state index contributed by atoms with van der Waals surface area (Å²) in [7, 11) is -3.47. The first-order valence-electron chi connectivity index (χ1n) is 5.04. The Kier molecular flexibility index (Phi) is 1.80. The molecule has 1 heterocycles. The second-order valence-corrected chi connectivity index (χ2v) is 5.90. The summed E-state index contributed by atoms with van der Waals surface area (Å²) < 4.78 is 24.5. The lowest BCUT2D eigenvalue weighted by Gasteiger charge is -1.99. The lowest BCUT2D eigenvalue weighted by Crippen LogP contribution is -1.98. The second-order valence-electron chi connectivity index (χ2n) is 4.01. The fourth-order valence-electron chi connectivity index (χ4n) is 2.09. The van der Waals surface area contributed by atoms with Crippen molar-refractivity contribution in [2.24, 2.45) is 0 Å². The normalized spacial score (nSPS) is 15.3. The average Bonchev–Trinajstić information content (AvgIpc) is 2.49. The van der Waals surface area contributed by atoms with E-state index >= 15 is 0 Å². The minimum absolute atomic E-state index is 0.262. The van der Waals surface area contributed by atoms with Crippen LogP contribution in [0.25, 0.3) is 11.1 Å². The number of fused-ring (bicyclic) bond motifs is 3. The van der Waals surface area contributed by atoms with Crippen molar-refractivity contribution in [1.29, 1.82) is 0 Å². The van der Waals surface area contributed by atoms with Crippen molar-refractivity contribution >= 4 is 21.2 Å². The van der Waals surface area contributed by atoms with Gasteiger partial charge in [0, 0.05) is 22.5 Å². The summed E-state index contributed by atoms with van der Waals surface area (Å²) in [5.41, 5.74) is 13.5. The molecule has 0 unspecified atom stereocenters. The van der Waals surface area contributed by atoms with Crippen LogP contribution in [-0.2, 0) is 9.84 Å². The van der Waals surface area contributed by atoms with E-state index in [1.165, 1.54) is 12.1 Å². The highest BCUT2D eigenvalue weighted by Crippen LogP contribution is 2.44.